The summed E-state index contributed by atoms with van der Waals surface area (Å²) in [5.74, 6) is 1.21. The van der Waals surface area contributed by atoms with E-state index in [0.717, 1.165) is 69.4 Å². The van der Waals surface area contributed by atoms with Crippen molar-refractivity contribution >= 4 is 38.7 Å². The highest BCUT2D eigenvalue weighted by Gasteiger charge is 2.19. The van der Waals surface area contributed by atoms with E-state index in [4.69, 9.17) is 16.3 Å². The fourth-order valence-corrected chi connectivity index (χ4v) is 6.43. The van der Waals surface area contributed by atoms with Crippen LogP contribution in [-0.4, -0.2) is 36.2 Å². The summed E-state index contributed by atoms with van der Waals surface area (Å²) in [6.45, 7) is 6.58. The number of halogens is 1. The minimum Gasteiger partial charge on any atom is -0.508 e. The van der Waals surface area contributed by atoms with Gasteiger partial charge in [-0.25, -0.2) is 0 Å². The largest absolute Gasteiger partial charge is 0.508 e. The highest BCUT2D eigenvalue weighted by molar-refractivity contribution is 7.23. The van der Waals surface area contributed by atoms with E-state index in [2.05, 4.69) is 53.5 Å². The first-order valence-electron chi connectivity index (χ1n) is 13.3. The number of rotatable bonds is 11. The molecule has 5 rings (SSSR count). The molecule has 37 heavy (non-hydrogen) atoms. The third kappa shape index (κ3) is 6.40. The van der Waals surface area contributed by atoms with Crippen LogP contribution in [0.25, 0.3) is 20.5 Å². The first kappa shape index (κ1) is 25.9. The summed E-state index contributed by atoms with van der Waals surface area (Å²) in [4.78, 5) is 3.68. The van der Waals surface area contributed by atoms with Gasteiger partial charge in [0, 0.05) is 21.7 Å². The molecule has 2 heterocycles. The molecule has 3 aromatic carbocycles. The van der Waals surface area contributed by atoms with Crippen molar-refractivity contribution in [1.29, 1.82) is 0 Å². The molecule has 1 saturated heterocycles. The van der Waals surface area contributed by atoms with E-state index < -0.39 is 0 Å². The number of nitrogens with zero attached hydrogens (tertiary/aromatic N) is 1. The molecule has 194 valence electrons. The van der Waals surface area contributed by atoms with Crippen molar-refractivity contribution in [3.8, 4) is 21.9 Å². The number of phenolic OH excluding ortho intramolecular Hbond substituents is 1. The molecule has 1 atom stereocenters. The number of ether oxygens (including phenoxy) is 1. The average molecular weight is 535 g/mol. The number of nitrogens with one attached hydrogen (secondary N) is 1. The van der Waals surface area contributed by atoms with E-state index in [1.165, 1.54) is 31.5 Å². The predicted octanol–water partition coefficient (Wildman–Crippen LogP) is 8.75. The molecule has 0 amide bonds. The van der Waals surface area contributed by atoms with Crippen LogP contribution < -0.4 is 10.1 Å². The Balaban J connectivity index is 1.34. The quantitative estimate of drug-likeness (QED) is 0.189. The van der Waals surface area contributed by atoms with E-state index in [0.29, 0.717) is 0 Å². The number of hydrogen-bond acceptors (Lipinski definition) is 5. The minimum atomic E-state index is 0.159. The van der Waals surface area contributed by atoms with Gasteiger partial charge in [0.15, 0.2) is 0 Å². The normalized spacial score (nSPS) is 14.8. The summed E-state index contributed by atoms with van der Waals surface area (Å²) in [7, 11) is 0. The number of hydrogen-bond donors (Lipinski definition) is 2. The Labute approximate surface area is 228 Å². The molecular weight excluding hydrogens is 500 g/mol. The molecule has 1 unspecified atom stereocenters. The van der Waals surface area contributed by atoms with Crippen molar-refractivity contribution < 1.29 is 9.84 Å². The molecular formula is C31H35ClN2O2S. The lowest BCUT2D eigenvalue weighted by molar-refractivity contribution is 0.263. The van der Waals surface area contributed by atoms with Crippen molar-refractivity contribution in [2.75, 3.05) is 31.6 Å². The van der Waals surface area contributed by atoms with Crippen LogP contribution in [0.3, 0.4) is 0 Å². The van der Waals surface area contributed by atoms with Gasteiger partial charge in [0.1, 0.15) is 11.5 Å². The van der Waals surface area contributed by atoms with Crippen molar-refractivity contribution in [3.05, 3.63) is 77.3 Å². The standard InChI is InChI=1S/C31H35ClN2O2S/c1-2-6-28(22-9-14-26(15-10-22)36-20-5-19-34-17-3-4-18-34)33-30-27-16-13-25(35)21-29(27)37-31(30)23-7-11-24(32)12-8-23/h7-16,21,28,33,35H,2-6,17-20H2,1H3. The number of thiophene rings is 1. The van der Waals surface area contributed by atoms with Gasteiger partial charge in [-0.15, -0.1) is 11.3 Å². The number of fused-ring (bicyclic) bond motifs is 1. The second-order valence-electron chi connectivity index (χ2n) is 9.80. The Morgan fingerprint density at radius 1 is 1.03 bits per heavy atom. The van der Waals surface area contributed by atoms with Crippen molar-refractivity contribution in [2.45, 2.75) is 45.1 Å². The molecule has 4 aromatic rings. The Bertz CT molecular complexity index is 1300. The summed E-state index contributed by atoms with van der Waals surface area (Å²) in [5, 5.41) is 15.8. The molecule has 0 radical (unpaired) electrons. The van der Waals surface area contributed by atoms with Crippen molar-refractivity contribution in [3.63, 3.8) is 0 Å². The molecule has 0 spiro atoms. The Kier molecular flexibility index (Phi) is 8.55. The first-order chi connectivity index (χ1) is 18.1. The Morgan fingerprint density at radius 2 is 1.78 bits per heavy atom. The van der Waals surface area contributed by atoms with E-state index in [-0.39, 0.29) is 11.8 Å². The van der Waals surface area contributed by atoms with Crippen LogP contribution in [0.5, 0.6) is 11.5 Å². The van der Waals surface area contributed by atoms with Crippen LogP contribution in [-0.2, 0) is 0 Å². The van der Waals surface area contributed by atoms with Gasteiger partial charge in [-0.05, 0) is 92.4 Å². The summed E-state index contributed by atoms with van der Waals surface area (Å²) >= 11 is 7.85. The second kappa shape index (κ2) is 12.2. The van der Waals surface area contributed by atoms with Crippen LogP contribution in [0.4, 0.5) is 5.69 Å². The van der Waals surface area contributed by atoms with Gasteiger partial charge in [-0.3, -0.25) is 0 Å². The molecule has 1 aromatic heterocycles. The zero-order chi connectivity index (χ0) is 25.6. The third-order valence-electron chi connectivity index (χ3n) is 7.04. The van der Waals surface area contributed by atoms with Crippen LogP contribution in [0.2, 0.25) is 5.02 Å². The highest BCUT2D eigenvalue weighted by Crippen LogP contribution is 2.45. The molecule has 0 bridgehead atoms. The monoisotopic (exact) mass is 534 g/mol. The minimum absolute atomic E-state index is 0.159. The van der Waals surface area contributed by atoms with Gasteiger partial charge < -0.3 is 20.1 Å². The van der Waals surface area contributed by atoms with Gasteiger partial charge in [0.25, 0.3) is 0 Å². The maximum atomic E-state index is 10.1. The zero-order valence-corrected chi connectivity index (χ0v) is 23.0. The number of anilines is 1. The molecule has 1 aliphatic heterocycles. The molecule has 0 saturated carbocycles. The van der Waals surface area contributed by atoms with Gasteiger partial charge >= 0.3 is 0 Å². The molecule has 6 heteroatoms. The predicted molar refractivity (Wildman–Crippen MR) is 157 cm³/mol. The number of aromatic hydroxyl groups is 1. The summed E-state index contributed by atoms with van der Waals surface area (Å²) < 4.78 is 7.10. The van der Waals surface area contributed by atoms with Crippen LogP contribution >= 0.6 is 22.9 Å². The number of likely N-dealkylation sites (tertiary alicyclic amines) is 1. The summed E-state index contributed by atoms with van der Waals surface area (Å²) in [6.07, 6.45) is 5.80. The van der Waals surface area contributed by atoms with Gasteiger partial charge in [-0.1, -0.05) is 49.2 Å². The number of benzene rings is 3. The maximum Gasteiger partial charge on any atom is 0.119 e. The molecule has 2 N–H and O–H groups in total. The van der Waals surface area contributed by atoms with E-state index >= 15 is 0 Å². The Morgan fingerprint density at radius 3 is 2.51 bits per heavy atom. The van der Waals surface area contributed by atoms with E-state index in [1.807, 2.05) is 24.3 Å². The Hall–Kier alpha value is -2.73. The lowest BCUT2D eigenvalue weighted by Gasteiger charge is -2.21. The molecule has 4 nitrogen and oxygen atoms in total. The smallest absolute Gasteiger partial charge is 0.119 e. The zero-order valence-electron chi connectivity index (χ0n) is 21.4. The fourth-order valence-electron chi connectivity index (χ4n) is 5.10. The second-order valence-corrected chi connectivity index (χ2v) is 11.3. The molecule has 0 aliphatic carbocycles. The van der Waals surface area contributed by atoms with Crippen molar-refractivity contribution in [2.24, 2.45) is 0 Å². The van der Waals surface area contributed by atoms with Gasteiger partial charge in [-0.2, -0.15) is 0 Å². The first-order valence-corrected chi connectivity index (χ1v) is 14.5. The molecule has 1 aliphatic rings. The van der Waals surface area contributed by atoms with E-state index in [1.54, 1.807) is 17.4 Å². The van der Waals surface area contributed by atoms with Gasteiger partial charge in [0.2, 0.25) is 0 Å². The topological polar surface area (TPSA) is 44.7 Å². The van der Waals surface area contributed by atoms with Crippen LogP contribution in [0.15, 0.2) is 66.7 Å². The third-order valence-corrected chi connectivity index (χ3v) is 8.50. The lowest BCUT2D eigenvalue weighted by atomic mass is 10.0. The fraction of sp³-hybridized carbons (Fsp3) is 0.355. The SMILES string of the molecule is CCCC(Nc1c(-c2ccc(Cl)cc2)sc2cc(O)ccc12)c1ccc(OCCCN2CCCC2)cc1. The highest BCUT2D eigenvalue weighted by atomic mass is 35.5. The lowest BCUT2D eigenvalue weighted by Crippen LogP contribution is -2.21. The van der Waals surface area contributed by atoms with Crippen LogP contribution in [0, 0.1) is 0 Å². The number of phenols is 1. The van der Waals surface area contributed by atoms with Crippen LogP contribution in [0.1, 0.15) is 50.6 Å². The average Bonchev–Trinajstić information content (AvgIpc) is 3.55. The molecule has 1 fully saturated rings. The summed E-state index contributed by atoms with van der Waals surface area (Å²) in [6, 6.07) is 22.3. The van der Waals surface area contributed by atoms with E-state index in [9.17, 15) is 5.11 Å². The summed E-state index contributed by atoms with van der Waals surface area (Å²) in [5.41, 5.74) is 3.45. The van der Waals surface area contributed by atoms with Gasteiger partial charge in [0.05, 0.1) is 23.2 Å². The van der Waals surface area contributed by atoms with Crippen molar-refractivity contribution in [1.82, 2.24) is 4.90 Å². The maximum absolute atomic E-state index is 10.1.